The highest BCUT2D eigenvalue weighted by Crippen LogP contribution is 2.11. The van der Waals surface area contributed by atoms with Crippen LogP contribution in [-0.4, -0.2) is 75.9 Å². The smallest absolute Gasteiger partial charge is 0.351 e. The fourth-order valence-corrected chi connectivity index (χ4v) is 3.28. The van der Waals surface area contributed by atoms with Crippen LogP contribution in [0.3, 0.4) is 0 Å². The van der Waals surface area contributed by atoms with Crippen LogP contribution in [0.5, 0.6) is 0 Å². The number of hydrogen-bond donors (Lipinski definition) is 6. The Balaban J connectivity index is 1.92. The normalized spacial score (nSPS) is 11.9. The number of unbranched alkanes of at least 4 members (excludes halogenated alkanes) is 1. The molecule has 2 heterocycles. The highest BCUT2D eigenvalue weighted by atomic mass is 16.5. The van der Waals surface area contributed by atoms with Crippen molar-refractivity contribution in [3.8, 4) is 0 Å². The standard InChI is InChI=1S/C20H32N8O6/c1-3-34-11-7-13(29)24-8-5-4-6-12(18(31)32)23-9-10-28-16-14(15(21)25-20(28)33)17(30)27-19(22-2)26-16/h12,23H,3-11H2,1-2H3,(H,24,29)(H,31,32)(H2,21,25,33)(H2,22,26,27,30)/t12-/m0/s1. The van der Waals surface area contributed by atoms with Crippen LogP contribution in [-0.2, 0) is 20.9 Å². The van der Waals surface area contributed by atoms with E-state index in [1.807, 2.05) is 6.92 Å². The van der Waals surface area contributed by atoms with Crippen molar-refractivity contribution in [2.75, 3.05) is 44.4 Å². The number of hydrogen-bond acceptors (Lipinski definition) is 10. The van der Waals surface area contributed by atoms with Gasteiger partial charge >= 0.3 is 11.7 Å². The number of nitrogens with zero attached hydrogens (tertiary/aromatic N) is 3. The number of aliphatic carboxylic acids is 1. The molecule has 34 heavy (non-hydrogen) atoms. The summed E-state index contributed by atoms with van der Waals surface area (Å²) in [4.78, 5) is 58.3. The van der Waals surface area contributed by atoms with Gasteiger partial charge in [-0.2, -0.15) is 9.97 Å². The molecule has 188 valence electrons. The summed E-state index contributed by atoms with van der Waals surface area (Å²) in [7, 11) is 1.56. The molecule has 0 aliphatic rings. The zero-order valence-electron chi connectivity index (χ0n) is 19.3. The number of carboxylic acids is 1. The third-order valence-corrected chi connectivity index (χ3v) is 5.04. The molecule has 1 amide bonds. The Labute approximate surface area is 195 Å². The van der Waals surface area contributed by atoms with Crippen LogP contribution in [0, 0.1) is 0 Å². The van der Waals surface area contributed by atoms with Gasteiger partial charge in [0.25, 0.3) is 5.56 Å². The summed E-state index contributed by atoms with van der Waals surface area (Å²) in [5.74, 6) is -1.21. The molecule has 0 saturated heterocycles. The molecule has 0 aromatic carbocycles. The molecule has 0 saturated carbocycles. The van der Waals surface area contributed by atoms with Gasteiger partial charge in [-0.3, -0.25) is 23.9 Å². The van der Waals surface area contributed by atoms with E-state index < -0.39 is 23.3 Å². The number of carboxylic acid groups (broad SMARTS) is 1. The molecule has 7 N–H and O–H groups in total. The zero-order chi connectivity index (χ0) is 25.1. The number of aromatic amines is 1. The number of rotatable bonds is 15. The minimum absolute atomic E-state index is 0.0170. The predicted molar refractivity (Wildman–Crippen MR) is 126 cm³/mol. The summed E-state index contributed by atoms with van der Waals surface area (Å²) in [6.45, 7) is 3.38. The number of H-pyrrole nitrogens is 1. The molecule has 0 bridgehead atoms. The predicted octanol–water partition coefficient (Wildman–Crippen LogP) is -1.14. The minimum atomic E-state index is -1.03. The number of nitrogen functional groups attached to an aromatic ring is 1. The first-order valence-corrected chi connectivity index (χ1v) is 11.1. The molecule has 0 spiro atoms. The van der Waals surface area contributed by atoms with Gasteiger partial charge < -0.3 is 31.5 Å². The van der Waals surface area contributed by atoms with E-state index in [1.54, 1.807) is 7.05 Å². The van der Waals surface area contributed by atoms with E-state index >= 15 is 0 Å². The Hall–Kier alpha value is -3.52. The highest BCUT2D eigenvalue weighted by Gasteiger charge is 2.18. The van der Waals surface area contributed by atoms with Crippen molar-refractivity contribution in [1.29, 1.82) is 0 Å². The van der Waals surface area contributed by atoms with E-state index in [0.29, 0.717) is 39.0 Å². The second-order valence-electron chi connectivity index (χ2n) is 7.43. The second kappa shape index (κ2) is 13.3. The Morgan fingerprint density at radius 2 is 2.00 bits per heavy atom. The van der Waals surface area contributed by atoms with Crippen LogP contribution >= 0.6 is 0 Å². The maximum Gasteiger partial charge on any atom is 0.351 e. The monoisotopic (exact) mass is 480 g/mol. The fourth-order valence-electron chi connectivity index (χ4n) is 3.28. The summed E-state index contributed by atoms with van der Waals surface area (Å²) in [6.07, 6.45) is 1.82. The third kappa shape index (κ3) is 7.52. The molecule has 2 rings (SSSR count). The van der Waals surface area contributed by atoms with E-state index in [2.05, 4.69) is 30.9 Å². The molecule has 1 atom stereocenters. The van der Waals surface area contributed by atoms with Gasteiger partial charge in [-0.1, -0.05) is 0 Å². The Morgan fingerprint density at radius 1 is 1.24 bits per heavy atom. The van der Waals surface area contributed by atoms with Crippen molar-refractivity contribution in [2.24, 2.45) is 0 Å². The first-order chi connectivity index (χ1) is 16.3. The van der Waals surface area contributed by atoms with Crippen LogP contribution in [0.15, 0.2) is 9.59 Å². The Morgan fingerprint density at radius 3 is 2.68 bits per heavy atom. The lowest BCUT2D eigenvalue weighted by atomic mass is 10.1. The van der Waals surface area contributed by atoms with Crippen molar-refractivity contribution < 1.29 is 19.4 Å². The summed E-state index contributed by atoms with van der Waals surface area (Å²) in [5.41, 5.74) is 4.55. The molecular weight excluding hydrogens is 448 g/mol. The molecule has 2 aromatic heterocycles. The maximum absolute atomic E-state index is 12.4. The van der Waals surface area contributed by atoms with Gasteiger partial charge in [0, 0.05) is 39.7 Å². The fraction of sp³-hybridized carbons (Fsp3) is 0.600. The second-order valence-corrected chi connectivity index (χ2v) is 7.43. The molecule has 0 fully saturated rings. The van der Waals surface area contributed by atoms with Gasteiger partial charge in [-0.25, -0.2) is 4.79 Å². The van der Waals surface area contributed by atoms with Gasteiger partial charge in [0.05, 0.1) is 6.61 Å². The number of carbonyl (C=O) groups is 2. The molecular formula is C20H32N8O6. The average molecular weight is 481 g/mol. The first kappa shape index (κ1) is 26.7. The van der Waals surface area contributed by atoms with Crippen LogP contribution in [0.1, 0.15) is 32.6 Å². The Bertz CT molecular complexity index is 1100. The summed E-state index contributed by atoms with van der Waals surface area (Å²) < 4.78 is 6.30. The molecule has 0 radical (unpaired) electrons. The molecule has 14 nitrogen and oxygen atoms in total. The number of ether oxygens (including phenoxy) is 1. The molecule has 2 aromatic rings. The van der Waals surface area contributed by atoms with Crippen LogP contribution < -0.4 is 32.9 Å². The number of nitrogens with two attached hydrogens (primary N) is 1. The molecule has 0 aliphatic heterocycles. The van der Waals surface area contributed by atoms with Crippen LogP contribution in [0.4, 0.5) is 11.8 Å². The quantitative estimate of drug-likeness (QED) is 0.168. The lowest BCUT2D eigenvalue weighted by Gasteiger charge is -2.16. The minimum Gasteiger partial charge on any atom is -0.480 e. The zero-order valence-corrected chi connectivity index (χ0v) is 19.3. The molecule has 0 aliphatic carbocycles. The summed E-state index contributed by atoms with van der Waals surface area (Å²) in [5, 5.41) is 17.8. The number of anilines is 2. The van der Waals surface area contributed by atoms with Crippen molar-refractivity contribution in [3.05, 3.63) is 20.8 Å². The third-order valence-electron chi connectivity index (χ3n) is 5.04. The van der Waals surface area contributed by atoms with E-state index in [9.17, 15) is 24.3 Å². The maximum atomic E-state index is 12.4. The summed E-state index contributed by atoms with van der Waals surface area (Å²) in [6, 6.07) is -0.846. The van der Waals surface area contributed by atoms with Gasteiger partial charge in [0.1, 0.15) is 17.2 Å². The van der Waals surface area contributed by atoms with E-state index in [1.165, 1.54) is 4.57 Å². The SMILES string of the molecule is CCOCCC(=O)NCCCC[C@H](NCCn1c(=O)nc(N)c2c(=O)[nH]c(NC)nc21)C(=O)O. The van der Waals surface area contributed by atoms with Crippen molar-refractivity contribution in [2.45, 2.75) is 45.2 Å². The van der Waals surface area contributed by atoms with E-state index in [0.717, 1.165) is 0 Å². The average Bonchev–Trinajstić information content (AvgIpc) is 2.78. The number of nitrogens with one attached hydrogen (secondary N) is 4. The van der Waals surface area contributed by atoms with Crippen LogP contribution in [0.25, 0.3) is 11.0 Å². The number of carbonyl (C=O) groups excluding carboxylic acids is 1. The topological polar surface area (TPSA) is 206 Å². The molecule has 14 heteroatoms. The molecule has 0 unspecified atom stereocenters. The van der Waals surface area contributed by atoms with Crippen molar-refractivity contribution in [3.63, 3.8) is 0 Å². The number of aromatic nitrogens is 4. The number of fused-ring (bicyclic) bond motifs is 1. The van der Waals surface area contributed by atoms with E-state index in [-0.39, 0.29) is 48.2 Å². The largest absolute Gasteiger partial charge is 0.480 e. The van der Waals surface area contributed by atoms with Gasteiger partial charge in [-0.15, -0.1) is 0 Å². The van der Waals surface area contributed by atoms with Gasteiger partial charge in [0.2, 0.25) is 11.9 Å². The highest BCUT2D eigenvalue weighted by molar-refractivity contribution is 5.85. The van der Waals surface area contributed by atoms with E-state index in [4.69, 9.17) is 10.5 Å². The summed E-state index contributed by atoms with van der Waals surface area (Å²) >= 11 is 0. The van der Waals surface area contributed by atoms with Gasteiger partial charge in [-0.05, 0) is 26.2 Å². The lowest BCUT2D eigenvalue weighted by Crippen LogP contribution is -2.40. The Kier molecular flexibility index (Phi) is 10.4. The van der Waals surface area contributed by atoms with Crippen molar-refractivity contribution in [1.82, 2.24) is 30.2 Å². The first-order valence-electron chi connectivity index (χ1n) is 11.1. The number of amides is 1. The van der Waals surface area contributed by atoms with Crippen molar-refractivity contribution >= 4 is 34.7 Å². The van der Waals surface area contributed by atoms with Crippen LogP contribution in [0.2, 0.25) is 0 Å². The van der Waals surface area contributed by atoms with Gasteiger partial charge in [0.15, 0.2) is 5.65 Å². The lowest BCUT2D eigenvalue weighted by molar-refractivity contribution is -0.139.